The monoisotopic (exact) mass is 372 g/mol. The summed E-state index contributed by atoms with van der Waals surface area (Å²) in [5.41, 5.74) is 7.20. The van der Waals surface area contributed by atoms with Gasteiger partial charge in [-0.3, -0.25) is 4.57 Å². The Bertz CT molecular complexity index is 1120. The molecular formula is C24H28N4. The normalized spacial score (nSPS) is 11.9. The molecule has 0 saturated heterocycles. The van der Waals surface area contributed by atoms with Crippen molar-refractivity contribution in [2.75, 3.05) is 0 Å². The van der Waals surface area contributed by atoms with Gasteiger partial charge in [0.05, 0.1) is 16.7 Å². The third-order valence-corrected chi connectivity index (χ3v) is 5.58. The molecule has 0 radical (unpaired) electrons. The van der Waals surface area contributed by atoms with Crippen LogP contribution < -0.4 is 0 Å². The molecule has 4 rings (SSSR count). The minimum Gasteiger partial charge on any atom is -0.331 e. The van der Waals surface area contributed by atoms with Crippen LogP contribution in [0, 0.1) is 6.92 Å². The van der Waals surface area contributed by atoms with Gasteiger partial charge in [0.2, 0.25) is 0 Å². The van der Waals surface area contributed by atoms with Crippen LogP contribution in [-0.2, 0) is 7.05 Å². The molecule has 2 heterocycles. The Morgan fingerprint density at radius 1 is 0.893 bits per heavy atom. The van der Waals surface area contributed by atoms with E-state index in [2.05, 4.69) is 86.5 Å². The van der Waals surface area contributed by atoms with Crippen molar-refractivity contribution in [1.29, 1.82) is 0 Å². The number of rotatable bonds is 4. The molecule has 2 aromatic heterocycles. The Kier molecular flexibility index (Phi) is 4.58. The van der Waals surface area contributed by atoms with Crippen molar-refractivity contribution < 1.29 is 0 Å². The number of nitrogens with zero attached hydrogens (tertiary/aromatic N) is 4. The SMILES string of the molecule is Cc1nc2cccc(-c3nccn3-c3c(C(C)C)cccc3C(C)C)c2n1C. The molecule has 0 fully saturated rings. The fourth-order valence-corrected chi connectivity index (χ4v) is 4.04. The number of para-hydroxylation sites is 2. The maximum Gasteiger partial charge on any atom is 0.146 e. The zero-order valence-electron chi connectivity index (χ0n) is 17.6. The van der Waals surface area contributed by atoms with Gasteiger partial charge < -0.3 is 4.57 Å². The highest BCUT2D eigenvalue weighted by Gasteiger charge is 2.20. The topological polar surface area (TPSA) is 35.6 Å². The van der Waals surface area contributed by atoms with Crippen LogP contribution in [0.5, 0.6) is 0 Å². The fraction of sp³-hybridized carbons (Fsp3) is 0.333. The Balaban J connectivity index is 2.04. The lowest BCUT2D eigenvalue weighted by Crippen LogP contribution is -2.08. The number of hydrogen-bond donors (Lipinski definition) is 0. The van der Waals surface area contributed by atoms with Gasteiger partial charge in [0, 0.05) is 25.0 Å². The van der Waals surface area contributed by atoms with Gasteiger partial charge in [-0.15, -0.1) is 0 Å². The van der Waals surface area contributed by atoms with E-state index in [1.54, 1.807) is 0 Å². The molecule has 0 aliphatic carbocycles. The molecule has 4 nitrogen and oxygen atoms in total. The van der Waals surface area contributed by atoms with Gasteiger partial charge >= 0.3 is 0 Å². The predicted molar refractivity (Wildman–Crippen MR) is 116 cm³/mol. The molecule has 4 aromatic rings. The number of aryl methyl sites for hydroxylation is 2. The van der Waals surface area contributed by atoms with E-state index >= 15 is 0 Å². The van der Waals surface area contributed by atoms with Crippen LogP contribution in [0.4, 0.5) is 0 Å². The number of aromatic nitrogens is 4. The van der Waals surface area contributed by atoms with Crippen molar-refractivity contribution in [3.05, 3.63) is 65.7 Å². The van der Waals surface area contributed by atoms with Crippen molar-refractivity contribution >= 4 is 11.0 Å². The lowest BCUT2D eigenvalue weighted by Gasteiger charge is -2.22. The van der Waals surface area contributed by atoms with Crippen LogP contribution in [0.25, 0.3) is 28.1 Å². The summed E-state index contributed by atoms with van der Waals surface area (Å²) in [5.74, 6) is 2.83. The van der Waals surface area contributed by atoms with Gasteiger partial charge in [0.15, 0.2) is 0 Å². The molecule has 0 spiro atoms. The molecule has 28 heavy (non-hydrogen) atoms. The highest BCUT2D eigenvalue weighted by atomic mass is 15.1. The van der Waals surface area contributed by atoms with Crippen LogP contribution in [0.2, 0.25) is 0 Å². The minimum atomic E-state index is 0.429. The third kappa shape index (κ3) is 2.84. The maximum absolute atomic E-state index is 4.79. The van der Waals surface area contributed by atoms with Gasteiger partial charge in [-0.25, -0.2) is 9.97 Å². The van der Waals surface area contributed by atoms with Crippen LogP contribution in [0.3, 0.4) is 0 Å². The van der Waals surface area contributed by atoms with Crippen molar-refractivity contribution in [1.82, 2.24) is 19.1 Å². The lowest BCUT2D eigenvalue weighted by molar-refractivity contribution is 0.806. The first kappa shape index (κ1) is 18.5. The Hall–Kier alpha value is -2.88. The van der Waals surface area contributed by atoms with Crippen molar-refractivity contribution in [2.45, 2.75) is 46.5 Å². The van der Waals surface area contributed by atoms with E-state index in [-0.39, 0.29) is 0 Å². The Labute approximate surface area is 166 Å². The number of hydrogen-bond acceptors (Lipinski definition) is 2. The molecular weight excluding hydrogens is 344 g/mol. The van der Waals surface area contributed by atoms with Gasteiger partial charge in [0.1, 0.15) is 11.6 Å². The molecule has 0 unspecified atom stereocenters. The summed E-state index contributed by atoms with van der Waals surface area (Å²) in [6.07, 6.45) is 3.99. The van der Waals surface area contributed by atoms with Crippen LogP contribution in [0.1, 0.15) is 56.5 Å². The first-order valence-corrected chi connectivity index (χ1v) is 9.99. The molecule has 2 aromatic carbocycles. The summed E-state index contributed by atoms with van der Waals surface area (Å²) < 4.78 is 4.42. The standard InChI is InChI=1S/C24H28N4/c1-15(2)18-9-7-10-19(16(3)4)22(18)28-14-13-25-24(28)20-11-8-12-21-23(20)27(6)17(5)26-21/h7-16H,1-6H3. The summed E-state index contributed by atoms with van der Waals surface area (Å²) in [7, 11) is 2.07. The second kappa shape index (κ2) is 6.93. The highest BCUT2D eigenvalue weighted by molar-refractivity contribution is 5.91. The van der Waals surface area contributed by atoms with E-state index in [4.69, 9.17) is 9.97 Å². The fourth-order valence-electron chi connectivity index (χ4n) is 4.04. The van der Waals surface area contributed by atoms with E-state index < -0.39 is 0 Å². The quantitative estimate of drug-likeness (QED) is 0.442. The molecule has 0 amide bonds. The Morgan fingerprint density at radius 2 is 1.54 bits per heavy atom. The highest BCUT2D eigenvalue weighted by Crippen LogP contribution is 2.35. The Morgan fingerprint density at radius 3 is 2.18 bits per heavy atom. The number of fused-ring (bicyclic) bond motifs is 1. The largest absolute Gasteiger partial charge is 0.331 e. The zero-order chi connectivity index (χ0) is 20.0. The van der Waals surface area contributed by atoms with E-state index in [9.17, 15) is 0 Å². The second-order valence-electron chi connectivity index (χ2n) is 8.11. The summed E-state index contributed by atoms with van der Waals surface area (Å²) in [6, 6.07) is 12.9. The van der Waals surface area contributed by atoms with Crippen molar-refractivity contribution in [2.24, 2.45) is 7.05 Å². The molecule has 0 aliphatic rings. The van der Waals surface area contributed by atoms with Crippen molar-refractivity contribution in [3.63, 3.8) is 0 Å². The first-order chi connectivity index (χ1) is 13.4. The zero-order valence-corrected chi connectivity index (χ0v) is 17.6. The maximum atomic E-state index is 4.79. The molecule has 0 aliphatic heterocycles. The van der Waals surface area contributed by atoms with Crippen LogP contribution in [-0.4, -0.2) is 19.1 Å². The van der Waals surface area contributed by atoms with Gasteiger partial charge in [0.25, 0.3) is 0 Å². The summed E-state index contributed by atoms with van der Waals surface area (Å²) in [5, 5.41) is 0. The molecule has 0 bridgehead atoms. The molecule has 0 saturated carbocycles. The van der Waals surface area contributed by atoms with Gasteiger partial charge in [-0.2, -0.15) is 0 Å². The smallest absolute Gasteiger partial charge is 0.146 e. The van der Waals surface area contributed by atoms with Crippen LogP contribution >= 0.6 is 0 Å². The predicted octanol–water partition coefficient (Wildman–Crippen LogP) is 5.98. The van der Waals surface area contributed by atoms with Crippen molar-refractivity contribution in [3.8, 4) is 17.1 Å². The average Bonchev–Trinajstić information content (AvgIpc) is 3.26. The molecule has 0 N–H and O–H groups in total. The average molecular weight is 373 g/mol. The van der Waals surface area contributed by atoms with Crippen LogP contribution in [0.15, 0.2) is 48.8 Å². The molecule has 144 valence electrons. The summed E-state index contributed by atoms with van der Waals surface area (Å²) >= 11 is 0. The van der Waals surface area contributed by atoms with E-state index in [0.29, 0.717) is 11.8 Å². The minimum absolute atomic E-state index is 0.429. The van der Waals surface area contributed by atoms with E-state index in [0.717, 1.165) is 28.2 Å². The number of imidazole rings is 2. The first-order valence-electron chi connectivity index (χ1n) is 9.99. The molecule has 4 heteroatoms. The van der Waals surface area contributed by atoms with Gasteiger partial charge in [-0.1, -0.05) is 52.0 Å². The lowest BCUT2D eigenvalue weighted by atomic mass is 9.92. The second-order valence-corrected chi connectivity index (χ2v) is 8.11. The third-order valence-electron chi connectivity index (χ3n) is 5.58. The summed E-state index contributed by atoms with van der Waals surface area (Å²) in [6.45, 7) is 11.1. The van der Waals surface area contributed by atoms with E-state index in [1.807, 2.05) is 13.1 Å². The number of benzene rings is 2. The van der Waals surface area contributed by atoms with E-state index in [1.165, 1.54) is 16.8 Å². The van der Waals surface area contributed by atoms with Gasteiger partial charge in [-0.05, 0) is 42.0 Å². The summed E-state index contributed by atoms with van der Waals surface area (Å²) in [4.78, 5) is 9.49. The molecule has 0 atom stereocenters.